The molecule has 0 aliphatic carbocycles. The Balaban J connectivity index is 2.04. The van der Waals surface area contributed by atoms with E-state index in [1.807, 2.05) is 32.0 Å². The van der Waals surface area contributed by atoms with Crippen LogP contribution in [0, 0.1) is 12.8 Å². The molecule has 1 aliphatic heterocycles. The Labute approximate surface area is 116 Å². The maximum Gasteiger partial charge on any atom is 0.252 e. The van der Waals surface area contributed by atoms with E-state index in [1.165, 1.54) is 0 Å². The molecule has 2 atom stereocenters. The van der Waals surface area contributed by atoms with Crippen LogP contribution in [0.15, 0.2) is 22.7 Å². The van der Waals surface area contributed by atoms with Gasteiger partial charge in [-0.3, -0.25) is 4.79 Å². The van der Waals surface area contributed by atoms with Crippen LogP contribution in [0.25, 0.3) is 0 Å². The van der Waals surface area contributed by atoms with Crippen molar-refractivity contribution in [1.29, 1.82) is 0 Å². The standard InChI is InChI=1S/C14H18BrNO2/c1-9-3-4-13(15)12(7-9)14(17)16-10(2)11-5-6-18-8-11/h3-4,7,10-11H,5-6,8H2,1-2H3,(H,16,17). The zero-order valence-electron chi connectivity index (χ0n) is 10.7. The van der Waals surface area contributed by atoms with E-state index in [0.29, 0.717) is 11.5 Å². The fourth-order valence-corrected chi connectivity index (χ4v) is 2.59. The Bertz CT molecular complexity index is 441. The third-order valence-corrected chi connectivity index (χ3v) is 4.09. The minimum atomic E-state index is -0.0232. The van der Waals surface area contributed by atoms with Crippen LogP contribution in [0.2, 0.25) is 0 Å². The normalized spacial score (nSPS) is 20.7. The van der Waals surface area contributed by atoms with Crippen molar-refractivity contribution in [1.82, 2.24) is 5.32 Å². The van der Waals surface area contributed by atoms with E-state index in [4.69, 9.17) is 4.74 Å². The fraction of sp³-hybridized carbons (Fsp3) is 0.500. The highest BCUT2D eigenvalue weighted by Crippen LogP contribution is 2.20. The number of ether oxygens (including phenoxy) is 1. The van der Waals surface area contributed by atoms with E-state index in [9.17, 15) is 4.79 Å². The Hall–Kier alpha value is -0.870. The monoisotopic (exact) mass is 311 g/mol. The first-order valence-corrected chi connectivity index (χ1v) is 7.02. The molecule has 98 valence electrons. The van der Waals surface area contributed by atoms with Crippen LogP contribution in [0.1, 0.15) is 29.3 Å². The van der Waals surface area contributed by atoms with E-state index < -0.39 is 0 Å². The average Bonchev–Trinajstić information content (AvgIpc) is 2.85. The molecular weight excluding hydrogens is 294 g/mol. The second kappa shape index (κ2) is 5.85. The summed E-state index contributed by atoms with van der Waals surface area (Å²) in [7, 11) is 0. The number of aryl methyl sites for hydroxylation is 1. The summed E-state index contributed by atoms with van der Waals surface area (Å²) in [6.07, 6.45) is 1.02. The second-order valence-corrected chi connectivity index (χ2v) is 5.72. The lowest BCUT2D eigenvalue weighted by Gasteiger charge is -2.19. The van der Waals surface area contributed by atoms with Gasteiger partial charge in [0.25, 0.3) is 5.91 Å². The topological polar surface area (TPSA) is 38.3 Å². The molecule has 3 nitrogen and oxygen atoms in total. The minimum absolute atomic E-state index is 0.0232. The Kier molecular flexibility index (Phi) is 4.40. The van der Waals surface area contributed by atoms with E-state index in [-0.39, 0.29) is 11.9 Å². The number of hydrogen-bond donors (Lipinski definition) is 1. The van der Waals surface area contributed by atoms with Crippen LogP contribution >= 0.6 is 15.9 Å². The number of carbonyl (C=O) groups is 1. The quantitative estimate of drug-likeness (QED) is 0.932. The molecule has 0 spiro atoms. The van der Waals surface area contributed by atoms with Crippen molar-refractivity contribution in [2.75, 3.05) is 13.2 Å². The first kappa shape index (κ1) is 13.6. The summed E-state index contributed by atoms with van der Waals surface area (Å²) in [6.45, 7) is 5.58. The van der Waals surface area contributed by atoms with Crippen LogP contribution in [-0.4, -0.2) is 25.2 Å². The van der Waals surface area contributed by atoms with Gasteiger partial charge in [0.05, 0.1) is 12.2 Å². The molecule has 1 N–H and O–H groups in total. The molecule has 0 aromatic heterocycles. The van der Waals surface area contributed by atoms with E-state index in [0.717, 1.165) is 29.7 Å². The molecule has 2 rings (SSSR count). The maximum atomic E-state index is 12.2. The van der Waals surface area contributed by atoms with Crippen molar-refractivity contribution in [3.63, 3.8) is 0 Å². The van der Waals surface area contributed by atoms with Crippen LogP contribution in [0.4, 0.5) is 0 Å². The maximum absolute atomic E-state index is 12.2. The second-order valence-electron chi connectivity index (χ2n) is 4.87. The number of benzene rings is 1. The summed E-state index contributed by atoms with van der Waals surface area (Å²) >= 11 is 3.42. The summed E-state index contributed by atoms with van der Waals surface area (Å²) in [5, 5.41) is 3.06. The molecule has 1 saturated heterocycles. The Morgan fingerprint density at radius 2 is 2.33 bits per heavy atom. The molecule has 2 unspecified atom stereocenters. The fourth-order valence-electron chi connectivity index (χ4n) is 2.16. The van der Waals surface area contributed by atoms with Gasteiger partial charge in [-0.2, -0.15) is 0 Å². The Morgan fingerprint density at radius 1 is 1.56 bits per heavy atom. The Morgan fingerprint density at radius 3 is 3.00 bits per heavy atom. The molecule has 1 aromatic rings. The first-order chi connectivity index (χ1) is 8.58. The molecule has 1 amide bonds. The number of rotatable bonds is 3. The summed E-state index contributed by atoms with van der Waals surface area (Å²) in [4.78, 5) is 12.2. The molecule has 0 radical (unpaired) electrons. The van der Waals surface area contributed by atoms with Crippen LogP contribution in [0.5, 0.6) is 0 Å². The summed E-state index contributed by atoms with van der Waals surface area (Å²) in [5.41, 5.74) is 1.78. The van der Waals surface area contributed by atoms with Crippen LogP contribution in [0.3, 0.4) is 0 Å². The predicted octanol–water partition coefficient (Wildman–Crippen LogP) is 2.91. The molecule has 1 fully saturated rings. The van der Waals surface area contributed by atoms with Gasteiger partial charge in [-0.05, 0) is 48.3 Å². The van der Waals surface area contributed by atoms with Crippen molar-refractivity contribution in [2.45, 2.75) is 26.3 Å². The van der Waals surface area contributed by atoms with E-state index in [2.05, 4.69) is 21.2 Å². The largest absolute Gasteiger partial charge is 0.381 e. The van der Waals surface area contributed by atoms with Crippen LogP contribution in [-0.2, 0) is 4.74 Å². The molecule has 0 bridgehead atoms. The highest BCUT2D eigenvalue weighted by molar-refractivity contribution is 9.10. The van der Waals surface area contributed by atoms with Gasteiger partial charge in [0.1, 0.15) is 0 Å². The molecule has 1 heterocycles. The van der Waals surface area contributed by atoms with Gasteiger partial charge < -0.3 is 10.1 Å². The van der Waals surface area contributed by atoms with E-state index >= 15 is 0 Å². The van der Waals surface area contributed by atoms with E-state index in [1.54, 1.807) is 0 Å². The highest BCUT2D eigenvalue weighted by atomic mass is 79.9. The zero-order valence-corrected chi connectivity index (χ0v) is 12.3. The molecule has 4 heteroatoms. The molecular formula is C14H18BrNO2. The zero-order chi connectivity index (χ0) is 13.1. The van der Waals surface area contributed by atoms with Crippen molar-refractivity contribution in [2.24, 2.45) is 5.92 Å². The van der Waals surface area contributed by atoms with Crippen molar-refractivity contribution in [3.8, 4) is 0 Å². The van der Waals surface area contributed by atoms with Gasteiger partial charge in [-0.1, -0.05) is 11.6 Å². The molecule has 1 aromatic carbocycles. The number of carbonyl (C=O) groups excluding carboxylic acids is 1. The lowest BCUT2D eigenvalue weighted by atomic mass is 10.0. The minimum Gasteiger partial charge on any atom is -0.381 e. The predicted molar refractivity (Wildman–Crippen MR) is 74.7 cm³/mol. The van der Waals surface area contributed by atoms with Gasteiger partial charge in [0.2, 0.25) is 0 Å². The lowest BCUT2D eigenvalue weighted by Crippen LogP contribution is -2.38. The van der Waals surface area contributed by atoms with Gasteiger partial charge in [0, 0.05) is 23.0 Å². The van der Waals surface area contributed by atoms with Crippen molar-refractivity contribution < 1.29 is 9.53 Å². The van der Waals surface area contributed by atoms with Crippen LogP contribution < -0.4 is 5.32 Å². The number of amides is 1. The van der Waals surface area contributed by atoms with Gasteiger partial charge in [-0.15, -0.1) is 0 Å². The number of hydrogen-bond acceptors (Lipinski definition) is 2. The average molecular weight is 312 g/mol. The molecule has 18 heavy (non-hydrogen) atoms. The third kappa shape index (κ3) is 3.12. The summed E-state index contributed by atoms with van der Waals surface area (Å²) in [6, 6.07) is 5.94. The highest BCUT2D eigenvalue weighted by Gasteiger charge is 2.24. The summed E-state index contributed by atoms with van der Waals surface area (Å²) < 4.78 is 6.18. The smallest absolute Gasteiger partial charge is 0.252 e. The third-order valence-electron chi connectivity index (χ3n) is 3.40. The summed E-state index contributed by atoms with van der Waals surface area (Å²) in [5.74, 6) is 0.405. The van der Waals surface area contributed by atoms with Crippen molar-refractivity contribution >= 4 is 21.8 Å². The number of halogens is 1. The SMILES string of the molecule is Cc1ccc(Br)c(C(=O)NC(C)C2CCOC2)c1. The van der Waals surface area contributed by atoms with Gasteiger partial charge in [0.15, 0.2) is 0 Å². The van der Waals surface area contributed by atoms with Gasteiger partial charge in [-0.25, -0.2) is 0 Å². The molecule has 1 aliphatic rings. The van der Waals surface area contributed by atoms with Crippen molar-refractivity contribution in [3.05, 3.63) is 33.8 Å². The first-order valence-electron chi connectivity index (χ1n) is 6.22. The van der Waals surface area contributed by atoms with Gasteiger partial charge >= 0.3 is 0 Å². The number of nitrogens with one attached hydrogen (secondary N) is 1. The lowest BCUT2D eigenvalue weighted by molar-refractivity contribution is 0.0921. The molecule has 0 saturated carbocycles.